The van der Waals surface area contributed by atoms with E-state index in [1.165, 1.54) is 12.2 Å². The van der Waals surface area contributed by atoms with Crippen molar-refractivity contribution < 1.29 is 37.3 Å². The molecule has 1 saturated heterocycles. The average Bonchev–Trinajstić information content (AvgIpc) is 2.19. The van der Waals surface area contributed by atoms with Gasteiger partial charge in [0.25, 0.3) is 0 Å². The third kappa shape index (κ3) is 3.05. The molecule has 0 saturated carbocycles. The Morgan fingerprint density at radius 3 is 2.35 bits per heavy atom. The first-order valence-corrected chi connectivity index (χ1v) is 4.68. The van der Waals surface area contributed by atoms with Crippen molar-refractivity contribution in [3.63, 3.8) is 0 Å². The smallest absolute Gasteiger partial charge is 0.388 e. The van der Waals surface area contributed by atoms with Gasteiger partial charge in [0.15, 0.2) is 12.5 Å². The highest BCUT2D eigenvalue weighted by atomic mass is 19.4. The summed E-state index contributed by atoms with van der Waals surface area (Å²) in [6, 6.07) is -1.58. The van der Waals surface area contributed by atoms with Crippen LogP contribution in [0, 0.1) is 0 Å². The molecule has 0 aromatic rings. The molecule has 5 atom stereocenters. The van der Waals surface area contributed by atoms with Crippen LogP contribution in [0.4, 0.5) is 17.6 Å². The molecule has 0 aromatic heterocycles. The van der Waals surface area contributed by atoms with Gasteiger partial charge in [-0.05, 0) is 6.92 Å². The van der Waals surface area contributed by atoms with Crippen LogP contribution in [0.15, 0.2) is 0 Å². The number of rotatable bonds is 1. The second kappa shape index (κ2) is 4.75. The lowest BCUT2D eigenvalue weighted by atomic mass is 9.98. The van der Waals surface area contributed by atoms with Gasteiger partial charge in [-0.25, -0.2) is 4.39 Å². The van der Waals surface area contributed by atoms with E-state index in [0.29, 0.717) is 0 Å². The average molecular weight is 261 g/mol. The molecule has 3 N–H and O–H groups in total. The fraction of sp³-hybridized carbons (Fsp3) is 0.875. The monoisotopic (exact) mass is 261 g/mol. The fourth-order valence-corrected chi connectivity index (χ4v) is 1.46. The molecule has 0 bridgehead atoms. The summed E-state index contributed by atoms with van der Waals surface area (Å²) in [6.45, 7) is 1.19. The predicted molar refractivity (Wildman–Crippen MR) is 45.4 cm³/mol. The number of ether oxygens (including phenoxy) is 1. The van der Waals surface area contributed by atoms with Crippen LogP contribution in [-0.2, 0) is 9.53 Å². The zero-order valence-electron chi connectivity index (χ0n) is 8.61. The third-order valence-electron chi connectivity index (χ3n) is 2.38. The number of carbonyl (C=O) groups is 1. The first-order valence-electron chi connectivity index (χ1n) is 4.68. The van der Waals surface area contributed by atoms with E-state index in [0.717, 1.165) is 0 Å². The van der Waals surface area contributed by atoms with Crippen LogP contribution < -0.4 is 5.32 Å². The van der Waals surface area contributed by atoms with Gasteiger partial charge in [-0.2, -0.15) is 13.2 Å². The van der Waals surface area contributed by atoms with Gasteiger partial charge in [0.05, 0.1) is 12.1 Å². The van der Waals surface area contributed by atoms with Crippen LogP contribution >= 0.6 is 0 Å². The van der Waals surface area contributed by atoms with Gasteiger partial charge in [-0.1, -0.05) is 0 Å². The molecular weight excluding hydrogens is 250 g/mol. The Morgan fingerprint density at radius 2 is 1.88 bits per heavy atom. The number of halogens is 4. The van der Waals surface area contributed by atoms with Gasteiger partial charge < -0.3 is 20.3 Å². The second-order valence-corrected chi connectivity index (χ2v) is 3.66. The van der Waals surface area contributed by atoms with Crippen molar-refractivity contribution in [1.29, 1.82) is 0 Å². The SMILES string of the molecule is CC1OC(O)C(F)C(O)C1NC(=O)C(F)(F)F. The molecule has 1 aliphatic rings. The first kappa shape index (κ1) is 14.1. The molecule has 9 heteroatoms. The van der Waals surface area contributed by atoms with Crippen molar-refractivity contribution in [2.75, 3.05) is 0 Å². The summed E-state index contributed by atoms with van der Waals surface area (Å²) < 4.78 is 53.5. The fourth-order valence-electron chi connectivity index (χ4n) is 1.46. The van der Waals surface area contributed by atoms with Crippen molar-refractivity contribution in [2.45, 2.75) is 43.8 Å². The number of carbonyl (C=O) groups excluding carboxylic acids is 1. The first-order chi connectivity index (χ1) is 7.64. The van der Waals surface area contributed by atoms with Gasteiger partial charge in [-0.3, -0.25) is 4.79 Å². The maximum atomic E-state index is 13.1. The van der Waals surface area contributed by atoms with E-state index in [-0.39, 0.29) is 0 Å². The van der Waals surface area contributed by atoms with Crippen molar-refractivity contribution in [3.8, 4) is 0 Å². The summed E-state index contributed by atoms with van der Waals surface area (Å²) in [4.78, 5) is 10.6. The van der Waals surface area contributed by atoms with E-state index in [9.17, 15) is 27.5 Å². The highest BCUT2D eigenvalue weighted by molar-refractivity contribution is 5.82. The van der Waals surface area contributed by atoms with E-state index in [4.69, 9.17) is 5.11 Å². The molecule has 5 nitrogen and oxygen atoms in total. The predicted octanol–water partition coefficient (Wildman–Crippen LogP) is -0.530. The number of aliphatic hydroxyl groups excluding tert-OH is 2. The lowest BCUT2D eigenvalue weighted by Crippen LogP contribution is -2.62. The van der Waals surface area contributed by atoms with Crippen LogP contribution in [0.1, 0.15) is 6.92 Å². The lowest BCUT2D eigenvalue weighted by molar-refractivity contribution is -0.237. The second-order valence-electron chi connectivity index (χ2n) is 3.66. The van der Waals surface area contributed by atoms with Gasteiger partial charge >= 0.3 is 12.1 Å². The molecule has 0 aliphatic carbocycles. The Hall–Kier alpha value is -0.930. The molecule has 0 spiro atoms. The summed E-state index contributed by atoms with van der Waals surface area (Å²) in [5.74, 6) is -2.31. The summed E-state index contributed by atoms with van der Waals surface area (Å²) in [5.41, 5.74) is 0. The number of hydrogen-bond acceptors (Lipinski definition) is 4. The highest BCUT2D eigenvalue weighted by Crippen LogP contribution is 2.23. The van der Waals surface area contributed by atoms with Gasteiger partial charge in [0.2, 0.25) is 0 Å². The molecule has 100 valence electrons. The van der Waals surface area contributed by atoms with E-state index in [1.807, 2.05) is 0 Å². The maximum absolute atomic E-state index is 13.1. The van der Waals surface area contributed by atoms with Crippen LogP contribution in [0.5, 0.6) is 0 Å². The largest absolute Gasteiger partial charge is 0.471 e. The van der Waals surface area contributed by atoms with E-state index in [2.05, 4.69) is 4.74 Å². The Balaban J connectivity index is 2.73. The van der Waals surface area contributed by atoms with Gasteiger partial charge in [-0.15, -0.1) is 0 Å². The number of amides is 1. The summed E-state index contributed by atoms with van der Waals surface area (Å²) in [7, 11) is 0. The minimum absolute atomic E-state index is 1.15. The molecule has 0 aromatic carbocycles. The molecular formula is C8H11F4NO4. The Bertz CT molecular complexity index is 298. The zero-order chi connectivity index (χ0) is 13.4. The van der Waals surface area contributed by atoms with Crippen molar-refractivity contribution >= 4 is 5.91 Å². The molecule has 5 unspecified atom stereocenters. The molecule has 1 heterocycles. The third-order valence-corrected chi connectivity index (χ3v) is 2.38. The minimum atomic E-state index is -5.14. The standard InChI is InChI=1S/C8H11F4NO4/c1-2-4(13-7(16)8(10,11)12)5(14)3(9)6(15)17-2/h2-6,14-15H,1H3,(H,13,16). The molecule has 1 rings (SSSR count). The van der Waals surface area contributed by atoms with Crippen molar-refractivity contribution in [1.82, 2.24) is 5.32 Å². The maximum Gasteiger partial charge on any atom is 0.471 e. The summed E-state index contributed by atoms with van der Waals surface area (Å²) in [6.07, 6.45) is -12.5. The molecule has 1 fully saturated rings. The van der Waals surface area contributed by atoms with Crippen molar-refractivity contribution in [3.05, 3.63) is 0 Å². The topological polar surface area (TPSA) is 78.8 Å². The highest BCUT2D eigenvalue weighted by Gasteiger charge is 2.47. The number of aliphatic hydroxyl groups is 2. The minimum Gasteiger partial charge on any atom is -0.388 e. The van der Waals surface area contributed by atoms with Crippen molar-refractivity contribution in [2.24, 2.45) is 0 Å². The Morgan fingerprint density at radius 1 is 1.35 bits per heavy atom. The van der Waals surface area contributed by atoms with E-state index in [1.54, 1.807) is 0 Å². The van der Waals surface area contributed by atoms with Crippen LogP contribution in [0.3, 0.4) is 0 Å². The Labute approximate surface area is 93.4 Å². The summed E-state index contributed by atoms with van der Waals surface area (Å²) >= 11 is 0. The van der Waals surface area contributed by atoms with Gasteiger partial charge in [0, 0.05) is 0 Å². The Kier molecular flexibility index (Phi) is 3.95. The molecule has 1 amide bonds. The van der Waals surface area contributed by atoms with Crippen LogP contribution in [-0.4, -0.2) is 53.0 Å². The molecule has 17 heavy (non-hydrogen) atoms. The van der Waals surface area contributed by atoms with E-state index < -0.39 is 42.8 Å². The van der Waals surface area contributed by atoms with Crippen LogP contribution in [0.25, 0.3) is 0 Å². The number of nitrogens with one attached hydrogen (secondary N) is 1. The van der Waals surface area contributed by atoms with E-state index >= 15 is 0 Å². The molecule has 0 radical (unpaired) electrons. The quantitative estimate of drug-likeness (QED) is 0.554. The summed E-state index contributed by atoms with van der Waals surface area (Å²) in [5, 5.41) is 19.7. The normalized spacial score (nSPS) is 38.9. The molecule has 1 aliphatic heterocycles. The lowest BCUT2D eigenvalue weighted by Gasteiger charge is -2.38. The zero-order valence-corrected chi connectivity index (χ0v) is 8.61. The van der Waals surface area contributed by atoms with Crippen LogP contribution in [0.2, 0.25) is 0 Å². The number of hydrogen-bond donors (Lipinski definition) is 3. The number of alkyl halides is 4. The van der Waals surface area contributed by atoms with Gasteiger partial charge in [0.1, 0.15) is 6.10 Å².